The number of benzene rings is 1. The Labute approximate surface area is 235 Å². The van der Waals surface area contributed by atoms with Gasteiger partial charge in [0.25, 0.3) is 5.91 Å². The van der Waals surface area contributed by atoms with Crippen LogP contribution < -0.4 is 11.1 Å². The standard InChI is InChI=1S/C29H32N4O8/c1-32(2)23-17-10-13-9-16-15(19(35)12-31-11-14-5-4-8-33(14)3)6-7-18(34)21(16)24(36)20(13)26(38)29(17,41)27(39)22(25(23)37)28(30)40/h4-8,13,17,23,31,34,37-38,41H,9-12H2,1-3H3,(H2,30,40)/t13-,17-,23-,29-/m0/s1. The van der Waals surface area contributed by atoms with Gasteiger partial charge < -0.3 is 36.0 Å². The van der Waals surface area contributed by atoms with Crippen molar-refractivity contribution in [1.29, 1.82) is 0 Å². The smallest absolute Gasteiger partial charge is 0.255 e. The largest absolute Gasteiger partial charge is 0.510 e. The summed E-state index contributed by atoms with van der Waals surface area (Å²) in [6.07, 6.45) is 1.88. The first kappa shape index (κ1) is 28.3. The second-order valence-electron chi connectivity index (χ2n) is 11.1. The third kappa shape index (κ3) is 4.17. The van der Waals surface area contributed by atoms with Crippen molar-refractivity contribution in [2.75, 3.05) is 20.6 Å². The number of aliphatic hydroxyl groups excluding tert-OH is 2. The molecule has 1 aromatic carbocycles. The van der Waals surface area contributed by atoms with Gasteiger partial charge in [-0.25, -0.2) is 0 Å². The Hall–Kier alpha value is -4.26. The van der Waals surface area contributed by atoms with Crippen molar-refractivity contribution >= 4 is 23.3 Å². The SMILES string of the molecule is CN(C)[C@@H]1C(O)=C(C(N)=O)C(=O)[C@@]2(O)C(O)=C3C(=O)c4c(O)ccc(C(=O)CNCc5cccn5C)c4C[C@H]3C[C@@H]12. The molecule has 12 nitrogen and oxygen atoms in total. The maximum atomic E-state index is 13.8. The van der Waals surface area contributed by atoms with E-state index in [0.717, 1.165) is 5.69 Å². The molecule has 1 heterocycles. The summed E-state index contributed by atoms with van der Waals surface area (Å²) < 4.78 is 1.92. The van der Waals surface area contributed by atoms with Gasteiger partial charge in [-0.1, -0.05) is 0 Å². The van der Waals surface area contributed by atoms with Gasteiger partial charge in [0.15, 0.2) is 17.2 Å². The molecule has 5 rings (SSSR count). The first-order valence-electron chi connectivity index (χ1n) is 13.1. The van der Waals surface area contributed by atoms with E-state index in [2.05, 4.69) is 5.32 Å². The highest BCUT2D eigenvalue weighted by Gasteiger charge is 2.63. The number of carbonyl (C=O) groups is 4. The predicted molar refractivity (Wildman–Crippen MR) is 145 cm³/mol. The molecule has 0 aliphatic heterocycles. The molecule has 4 atom stereocenters. The first-order valence-corrected chi connectivity index (χ1v) is 13.1. The lowest BCUT2D eigenvalue weighted by molar-refractivity contribution is -0.148. The third-order valence-electron chi connectivity index (χ3n) is 8.55. The number of fused-ring (bicyclic) bond motifs is 3. The number of phenols is 1. The van der Waals surface area contributed by atoms with Crippen LogP contribution in [0.1, 0.15) is 38.4 Å². The maximum Gasteiger partial charge on any atom is 0.255 e. The number of likely N-dealkylation sites (N-methyl/N-ethyl adjacent to an activating group) is 1. The highest BCUT2D eigenvalue weighted by atomic mass is 16.3. The van der Waals surface area contributed by atoms with Gasteiger partial charge in [-0.05, 0) is 62.7 Å². The minimum atomic E-state index is -2.71. The van der Waals surface area contributed by atoms with Gasteiger partial charge in [0.2, 0.25) is 5.78 Å². The fraction of sp³-hybridized carbons (Fsp3) is 0.379. The van der Waals surface area contributed by atoms with Crippen LogP contribution in [0.5, 0.6) is 5.75 Å². The number of allylic oxidation sites excluding steroid dienone is 1. The van der Waals surface area contributed by atoms with Crippen LogP contribution in [0.25, 0.3) is 0 Å². The Balaban J connectivity index is 1.55. The monoisotopic (exact) mass is 564 g/mol. The van der Waals surface area contributed by atoms with Crippen LogP contribution in [-0.2, 0) is 29.6 Å². The lowest BCUT2D eigenvalue weighted by Crippen LogP contribution is -2.63. The predicted octanol–water partition coefficient (Wildman–Crippen LogP) is 0.432. The minimum Gasteiger partial charge on any atom is -0.510 e. The third-order valence-corrected chi connectivity index (χ3v) is 8.55. The molecule has 0 fully saturated rings. The van der Waals surface area contributed by atoms with Crippen molar-refractivity contribution in [2.45, 2.75) is 31.0 Å². The molecule has 1 aromatic heterocycles. The highest BCUT2D eigenvalue weighted by Crippen LogP contribution is 2.52. The minimum absolute atomic E-state index is 0.0384. The average Bonchev–Trinajstić information content (AvgIpc) is 3.30. The number of aromatic nitrogens is 1. The zero-order chi connectivity index (χ0) is 30.0. The second kappa shape index (κ2) is 9.98. The maximum absolute atomic E-state index is 13.8. The van der Waals surface area contributed by atoms with Crippen LogP contribution in [0.3, 0.4) is 0 Å². The zero-order valence-corrected chi connectivity index (χ0v) is 22.8. The number of hydrogen-bond acceptors (Lipinski definition) is 10. The normalized spacial score (nSPS) is 25.7. The highest BCUT2D eigenvalue weighted by molar-refractivity contribution is 6.25. The first-order chi connectivity index (χ1) is 19.3. The van der Waals surface area contributed by atoms with Crippen LogP contribution in [0.2, 0.25) is 0 Å². The van der Waals surface area contributed by atoms with Crippen LogP contribution in [0.4, 0.5) is 0 Å². The Morgan fingerprint density at radius 2 is 1.88 bits per heavy atom. The molecule has 0 bridgehead atoms. The molecular weight excluding hydrogens is 532 g/mol. The van der Waals surface area contributed by atoms with E-state index < -0.39 is 63.8 Å². The molecule has 2 aromatic rings. The van der Waals surface area contributed by atoms with Crippen LogP contribution in [0.15, 0.2) is 53.1 Å². The van der Waals surface area contributed by atoms with E-state index in [4.69, 9.17) is 5.73 Å². The number of phenolic OH excluding ortho intramolecular Hbond substituents is 1. The van der Waals surface area contributed by atoms with Crippen molar-refractivity contribution in [3.05, 3.63) is 75.5 Å². The van der Waals surface area contributed by atoms with Gasteiger partial charge in [-0.2, -0.15) is 0 Å². The summed E-state index contributed by atoms with van der Waals surface area (Å²) in [6.45, 7) is 0.395. The molecule has 3 aliphatic rings. The molecule has 7 N–H and O–H groups in total. The van der Waals surface area contributed by atoms with Crippen LogP contribution in [0, 0.1) is 11.8 Å². The number of nitrogens with zero attached hydrogens (tertiary/aromatic N) is 2. The van der Waals surface area contributed by atoms with Crippen LogP contribution in [-0.4, -0.2) is 85.4 Å². The number of aryl methyl sites for hydroxylation is 1. The molecule has 41 heavy (non-hydrogen) atoms. The van der Waals surface area contributed by atoms with E-state index >= 15 is 0 Å². The van der Waals surface area contributed by atoms with E-state index in [1.165, 1.54) is 17.0 Å². The van der Waals surface area contributed by atoms with E-state index in [1.54, 1.807) is 14.1 Å². The summed E-state index contributed by atoms with van der Waals surface area (Å²) in [5, 5.41) is 47.7. The van der Waals surface area contributed by atoms with E-state index in [-0.39, 0.29) is 41.9 Å². The molecule has 0 saturated carbocycles. The number of hydrogen-bond donors (Lipinski definition) is 6. The van der Waals surface area contributed by atoms with Gasteiger partial charge in [0.05, 0.1) is 18.2 Å². The van der Waals surface area contributed by atoms with Crippen molar-refractivity contribution < 1.29 is 39.6 Å². The van der Waals surface area contributed by atoms with E-state index in [9.17, 15) is 39.6 Å². The molecule has 0 spiro atoms. The second-order valence-corrected chi connectivity index (χ2v) is 11.1. The average molecular weight is 565 g/mol. The number of nitrogens with two attached hydrogens (primary N) is 1. The van der Waals surface area contributed by atoms with Crippen molar-refractivity contribution in [2.24, 2.45) is 24.6 Å². The number of aromatic hydroxyl groups is 1. The van der Waals surface area contributed by atoms with E-state index in [1.807, 2.05) is 29.9 Å². The van der Waals surface area contributed by atoms with Crippen molar-refractivity contribution in [3.63, 3.8) is 0 Å². The van der Waals surface area contributed by atoms with Gasteiger partial charge >= 0.3 is 0 Å². The quantitative estimate of drug-likeness (QED) is 0.203. The number of nitrogens with one attached hydrogen (secondary N) is 1. The number of aliphatic hydroxyl groups is 3. The van der Waals surface area contributed by atoms with E-state index in [0.29, 0.717) is 12.1 Å². The van der Waals surface area contributed by atoms with Gasteiger partial charge in [0.1, 0.15) is 22.8 Å². The fourth-order valence-corrected chi connectivity index (χ4v) is 6.59. The Kier molecular flexibility index (Phi) is 6.88. The van der Waals surface area contributed by atoms with Crippen molar-refractivity contribution in [3.8, 4) is 5.75 Å². The number of Topliss-reactive ketones (excluding diaryl/α,β-unsaturated/α-hetero) is 3. The topological polar surface area (TPSA) is 195 Å². The Morgan fingerprint density at radius 3 is 2.49 bits per heavy atom. The summed E-state index contributed by atoms with van der Waals surface area (Å²) in [5.41, 5.74) is 2.80. The lowest BCUT2D eigenvalue weighted by atomic mass is 9.58. The molecule has 3 aliphatic carbocycles. The summed E-state index contributed by atoms with van der Waals surface area (Å²) >= 11 is 0. The Morgan fingerprint density at radius 1 is 1.17 bits per heavy atom. The summed E-state index contributed by atoms with van der Waals surface area (Å²) in [6, 6.07) is 5.38. The lowest BCUT2D eigenvalue weighted by Gasteiger charge is -2.50. The summed E-state index contributed by atoms with van der Waals surface area (Å²) in [5.74, 6) is -7.63. The number of ketones is 3. The van der Waals surface area contributed by atoms with Gasteiger partial charge in [0, 0.05) is 42.5 Å². The van der Waals surface area contributed by atoms with Crippen molar-refractivity contribution in [1.82, 2.24) is 14.8 Å². The molecule has 0 saturated heterocycles. The Bertz CT molecular complexity index is 1570. The number of carbonyl (C=O) groups excluding carboxylic acids is 4. The molecular formula is C29H32N4O8. The summed E-state index contributed by atoms with van der Waals surface area (Å²) in [4.78, 5) is 54.0. The molecule has 0 radical (unpaired) electrons. The van der Waals surface area contributed by atoms with Crippen LogP contribution >= 0.6 is 0 Å². The van der Waals surface area contributed by atoms with Gasteiger partial charge in [-0.15, -0.1) is 0 Å². The molecule has 0 unspecified atom stereocenters. The molecule has 1 amide bonds. The summed E-state index contributed by atoms with van der Waals surface area (Å²) in [7, 11) is 5.01. The molecule has 12 heteroatoms. The number of amides is 1. The van der Waals surface area contributed by atoms with Gasteiger partial charge in [-0.3, -0.25) is 24.1 Å². The number of primary amides is 1. The number of rotatable bonds is 7. The molecule has 216 valence electrons. The fourth-order valence-electron chi connectivity index (χ4n) is 6.59. The zero-order valence-electron chi connectivity index (χ0n) is 22.8.